The second kappa shape index (κ2) is 13.2. The van der Waals surface area contributed by atoms with E-state index >= 15 is 8.78 Å². The van der Waals surface area contributed by atoms with Gasteiger partial charge in [-0.05, 0) is 56.7 Å². The van der Waals surface area contributed by atoms with Gasteiger partial charge in [0.1, 0.15) is 11.9 Å². The molecule has 2 atom stereocenters. The summed E-state index contributed by atoms with van der Waals surface area (Å²) in [5.74, 6) is -4.06. The Morgan fingerprint density at radius 3 is 2.69 bits per heavy atom. The lowest BCUT2D eigenvalue weighted by Crippen LogP contribution is -2.47. The van der Waals surface area contributed by atoms with Crippen molar-refractivity contribution in [3.8, 4) is 11.5 Å². The smallest absolute Gasteiger partial charge is 0.387 e. The number of fused-ring (bicyclic) bond motifs is 3. The topological polar surface area (TPSA) is 69.6 Å². The zero-order valence-corrected chi connectivity index (χ0v) is 24.3. The number of benzene rings is 2. The molecule has 7 nitrogen and oxygen atoms in total. The number of ether oxygens (including phenoxy) is 4. The summed E-state index contributed by atoms with van der Waals surface area (Å²) in [5, 5.41) is 0.291. The molecule has 226 valence electrons. The van der Waals surface area contributed by atoms with Gasteiger partial charge in [0.2, 0.25) is 0 Å². The van der Waals surface area contributed by atoms with Crippen molar-refractivity contribution in [2.24, 2.45) is 4.99 Å². The molecule has 2 aromatic rings. The Labute approximate surface area is 246 Å². The fourth-order valence-electron chi connectivity index (χ4n) is 5.16. The van der Waals surface area contributed by atoms with Crippen molar-refractivity contribution < 1.29 is 41.3 Å². The molecule has 0 saturated heterocycles. The molecule has 2 aliphatic rings. The summed E-state index contributed by atoms with van der Waals surface area (Å²) in [4.78, 5) is 18.6. The lowest BCUT2D eigenvalue weighted by molar-refractivity contribution is -0.146. The van der Waals surface area contributed by atoms with Gasteiger partial charge in [0.15, 0.2) is 11.5 Å². The monoisotopic (exact) mass is 610 g/mol. The van der Waals surface area contributed by atoms with Crippen LogP contribution in [0.2, 0.25) is 5.02 Å². The zero-order chi connectivity index (χ0) is 30.6. The lowest BCUT2D eigenvalue weighted by atomic mass is 9.97. The number of nitrogens with zero attached hydrogens (tertiary/aromatic N) is 2. The fourth-order valence-corrected chi connectivity index (χ4v) is 5.34. The van der Waals surface area contributed by atoms with Crippen LogP contribution in [0.5, 0.6) is 11.5 Å². The Morgan fingerprint density at radius 1 is 1.26 bits per heavy atom. The van der Waals surface area contributed by atoms with Gasteiger partial charge in [0.25, 0.3) is 0 Å². The molecular formula is C30H31ClF4N2O5. The van der Waals surface area contributed by atoms with Crippen LogP contribution >= 0.6 is 11.6 Å². The van der Waals surface area contributed by atoms with E-state index in [0.717, 1.165) is 6.08 Å². The van der Waals surface area contributed by atoms with E-state index < -0.39 is 30.7 Å². The maximum absolute atomic E-state index is 15.7. The van der Waals surface area contributed by atoms with Crippen molar-refractivity contribution in [1.29, 1.82) is 0 Å². The van der Waals surface area contributed by atoms with Crippen LogP contribution in [0.3, 0.4) is 0 Å². The Kier molecular flexibility index (Phi) is 9.83. The van der Waals surface area contributed by atoms with Crippen LogP contribution in [0, 0.1) is 0 Å². The molecule has 12 heteroatoms. The number of hydrogen-bond donors (Lipinski definition) is 0. The average molecular weight is 611 g/mol. The number of carbonyl (C=O) groups excluding carboxylic acids is 1. The Bertz CT molecular complexity index is 1410. The number of hydrogen-bond acceptors (Lipinski definition) is 7. The number of amidine groups is 1. The number of rotatable bonds is 10. The van der Waals surface area contributed by atoms with Gasteiger partial charge in [-0.25, -0.2) is 0 Å². The van der Waals surface area contributed by atoms with E-state index in [1.54, 1.807) is 44.2 Å². The lowest BCUT2D eigenvalue weighted by Gasteiger charge is -2.37. The number of halogens is 5. The molecule has 0 amide bonds. The molecule has 2 heterocycles. The number of alkyl halides is 4. The minimum absolute atomic E-state index is 0.0488. The third kappa shape index (κ3) is 6.57. The second-order valence-corrected chi connectivity index (χ2v) is 10.1. The highest BCUT2D eigenvalue weighted by atomic mass is 35.5. The van der Waals surface area contributed by atoms with Gasteiger partial charge >= 0.3 is 18.5 Å². The van der Waals surface area contributed by atoms with E-state index in [1.807, 2.05) is 0 Å². The summed E-state index contributed by atoms with van der Waals surface area (Å²) in [6.07, 6.45) is -0.435. The quantitative estimate of drug-likeness (QED) is 0.160. The Morgan fingerprint density at radius 2 is 2.02 bits per heavy atom. The number of carbonyl (C=O) groups is 1. The molecule has 4 rings (SSSR count). The third-order valence-corrected chi connectivity index (χ3v) is 7.01. The van der Waals surface area contributed by atoms with Gasteiger partial charge < -0.3 is 18.9 Å². The minimum atomic E-state index is -3.41. The molecule has 0 bridgehead atoms. The second-order valence-electron chi connectivity index (χ2n) is 9.62. The number of methoxy groups -OCH3 is 1. The number of allylic oxidation sites excluding steroid dienone is 2. The van der Waals surface area contributed by atoms with Crippen molar-refractivity contribution >= 4 is 29.1 Å². The number of esters is 1. The van der Waals surface area contributed by atoms with E-state index in [9.17, 15) is 13.6 Å². The highest BCUT2D eigenvalue weighted by Gasteiger charge is 2.46. The van der Waals surface area contributed by atoms with E-state index in [-0.39, 0.29) is 49.0 Å². The summed E-state index contributed by atoms with van der Waals surface area (Å²) < 4.78 is 80.0. The van der Waals surface area contributed by atoms with E-state index in [4.69, 9.17) is 30.5 Å². The van der Waals surface area contributed by atoms with Gasteiger partial charge in [0, 0.05) is 22.6 Å². The molecule has 0 aliphatic carbocycles. The van der Waals surface area contributed by atoms with Crippen LogP contribution < -0.4 is 14.4 Å². The maximum atomic E-state index is 15.7. The van der Waals surface area contributed by atoms with Gasteiger partial charge in [0.05, 0.1) is 44.2 Å². The van der Waals surface area contributed by atoms with Crippen LogP contribution in [0.15, 0.2) is 64.8 Å². The van der Waals surface area contributed by atoms with Crippen molar-refractivity contribution in [3.63, 3.8) is 0 Å². The summed E-state index contributed by atoms with van der Waals surface area (Å²) >= 11 is 6.39. The SMILES string of the molecule is C/C=C/C(F)(F)C1=C(C)CN=C2C(CC(=O)OCC)O[C@@H](Cc3cccc(OC)c3OC(F)F)c3cc(Cl)ccc3N21. The molecular weight excluding hydrogens is 580 g/mol. The minimum Gasteiger partial charge on any atom is -0.493 e. The summed E-state index contributed by atoms with van der Waals surface area (Å²) in [6, 6.07) is 9.33. The third-order valence-electron chi connectivity index (χ3n) is 6.77. The molecule has 1 unspecified atom stereocenters. The van der Waals surface area contributed by atoms with Gasteiger partial charge in [-0.3, -0.25) is 14.7 Å². The molecule has 0 saturated carbocycles. The van der Waals surface area contributed by atoms with Crippen molar-refractivity contribution in [1.82, 2.24) is 0 Å². The summed E-state index contributed by atoms with van der Waals surface area (Å²) in [5.41, 5.74) is 0.975. The molecule has 42 heavy (non-hydrogen) atoms. The first kappa shape index (κ1) is 31.4. The van der Waals surface area contributed by atoms with Crippen molar-refractivity contribution in [2.45, 2.75) is 58.4 Å². The van der Waals surface area contributed by atoms with Gasteiger partial charge in [-0.2, -0.15) is 17.6 Å². The predicted octanol–water partition coefficient (Wildman–Crippen LogP) is 7.29. The van der Waals surface area contributed by atoms with Crippen LogP contribution in [0.1, 0.15) is 44.4 Å². The van der Waals surface area contributed by atoms with Gasteiger partial charge in [-0.1, -0.05) is 29.8 Å². The Balaban J connectivity index is 1.93. The first-order valence-electron chi connectivity index (χ1n) is 13.3. The maximum Gasteiger partial charge on any atom is 0.387 e. The first-order valence-corrected chi connectivity index (χ1v) is 13.7. The molecule has 0 fully saturated rings. The molecule has 2 aliphatic heterocycles. The summed E-state index contributed by atoms with van der Waals surface area (Å²) in [7, 11) is 1.32. The van der Waals surface area contributed by atoms with E-state index in [0.29, 0.717) is 27.4 Å². The summed E-state index contributed by atoms with van der Waals surface area (Å²) in [6.45, 7) is 1.62. The molecule has 0 spiro atoms. The van der Waals surface area contributed by atoms with Crippen LogP contribution in [0.4, 0.5) is 23.2 Å². The highest BCUT2D eigenvalue weighted by molar-refractivity contribution is 6.30. The largest absolute Gasteiger partial charge is 0.493 e. The molecule has 0 radical (unpaired) electrons. The highest BCUT2D eigenvalue weighted by Crippen LogP contribution is 2.46. The van der Waals surface area contributed by atoms with E-state index in [1.165, 1.54) is 31.1 Å². The van der Waals surface area contributed by atoms with Crippen LogP contribution in [-0.4, -0.2) is 50.7 Å². The molecule has 0 N–H and O–H groups in total. The molecule has 2 aromatic carbocycles. The Hall–Kier alpha value is -3.57. The zero-order valence-electron chi connectivity index (χ0n) is 23.5. The fraction of sp³-hybridized carbons (Fsp3) is 0.400. The average Bonchev–Trinajstić information content (AvgIpc) is 3.03. The van der Waals surface area contributed by atoms with Gasteiger partial charge in [-0.15, -0.1) is 0 Å². The van der Waals surface area contributed by atoms with Crippen molar-refractivity contribution in [2.75, 3.05) is 25.2 Å². The van der Waals surface area contributed by atoms with Crippen LogP contribution in [0.25, 0.3) is 0 Å². The predicted molar refractivity (Wildman–Crippen MR) is 151 cm³/mol. The van der Waals surface area contributed by atoms with E-state index in [2.05, 4.69) is 4.99 Å². The number of anilines is 1. The van der Waals surface area contributed by atoms with Crippen LogP contribution in [-0.2, 0) is 20.7 Å². The standard InChI is InChI=1S/C30H31ClF4N2O5/c1-5-12-30(34,35)27-17(3)16-36-28-24(15-25(38)40-6-2)41-23(20-14-19(31)10-11-21(20)37(27)28)13-18-8-7-9-22(39-4)26(18)42-29(32)33/h5,7-12,14,23-24,29H,6,13,15-16H2,1-4H3/b12-5+/t23-,24?/m0/s1. The molecule has 0 aromatic heterocycles. The number of aliphatic imine (C=N–C) groups is 1. The van der Waals surface area contributed by atoms with Crippen molar-refractivity contribution in [3.05, 3.63) is 76.0 Å². The number of para-hydroxylation sites is 1. The normalized spacial score (nSPS) is 18.9. The first-order chi connectivity index (χ1) is 20.0.